The molecule has 0 saturated heterocycles. The molecule has 1 unspecified atom stereocenters. The number of rotatable bonds is 23. The maximum atomic E-state index is 11.9. The van der Waals surface area contributed by atoms with Gasteiger partial charge in [-0.2, -0.15) is 0 Å². The van der Waals surface area contributed by atoms with E-state index >= 15 is 0 Å². The molecule has 0 fully saturated rings. The van der Waals surface area contributed by atoms with Gasteiger partial charge in [0.2, 0.25) is 0 Å². The van der Waals surface area contributed by atoms with Gasteiger partial charge in [0.15, 0.2) is 0 Å². The highest BCUT2D eigenvalue weighted by Crippen LogP contribution is 2.36. The highest BCUT2D eigenvalue weighted by atomic mass is 32.2. The Bertz CT molecular complexity index is 805. The lowest BCUT2D eigenvalue weighted by Gasteiger charge is -2.43. The van der Waals surface area contributed by atoms with Gasteiger partial charge < -0.3 is 9.04 Å². The van der Waals surface area contributed by atoms with Gasteiger partial charge in [0.1, 0.15) is 16.2 Å². The Morgan fingerprint density at radius 2 is 1.14 bits per heavy atom. The average Bonchev–Trinajstić information content (AvgIpc) is 2.85. The first-order chi connectivity index (χ1) is 17.7. The molecule has 0 aliphatic carbocycles. The lowest BCUT2D eigenvalue weighted by molar-refractivity contribution is -0.940. The summed E-state index contributed by atoms with van der Waals surface area (Å²) >= 11 is 0. The first kappa shape index (κ1) is 34.1. The summed E-state index contributed by atoms with van der Waals surface area (Å²) in [6.45, 7) is 11.1. The van der Waals surface area contributed by atoms with E-state index in [1.807, 2.05) is 6.07 Å². The van der Waals surface area contributed by atoms with E-state index in [1.165, 1.54) is 109 Å². The Morgan fingerprint density at radius 1 is 0.703 bits per heavy atom. The lowest BCUT2D eigenvalue weighted by atomic mass is 9.92. The minimum atomic E-state index is -4.47. The molecule has 1 aromatic carbocycles. The smallest absolute Gasteiger partial charge is 0.124 e. The summed E-state index contributed by atoms with van der Waals surface area (Å²) in [5.74, 6) is 0. The van der Waals surface area contributed by atoms with E-state index in [-0.39, 0.29) is 10.9 Å². The van der Waals surface area contributed by atoms with Gasteiger partial charge >= 0.3 is 0 Å². The van der Waals surface area contributed by atoms with E-state index in [0.29, 0.717) is 0 Å². The van der Waals surface area contributed by atoms with Crippen LogP contribution in [0.1, 0.15) is 154 Å². The van der Waals surface area contributed by atoms with Crippen molar-refractivity contribution in [3.05, 3.63) is 29.3 Å². The van der Waals surface area contributed by atoms with E-state index in [4.69, 9.17) is 0 Å². The summed E-state index contributed by atoms with van der Waals surface area (Å²) in [5.41, 5.74) is 2.19. The van der Waals surface area contributed by atoms with Gasteiger partial charge in [-0.05, 0) is 56.7 Å². The quantitative estimate of drug-likeness (QED) is 0.0793. The van der Waals surface area contributed by atoms with Gasteiger partial charge in [-0.1, -0.05) is 104 Å². The molecule has 4 nitrogen and oxygen atoms in total. The molecular weight excluding hydrogens is 478 g/mol. The van der Waals surface area contributed by atoms with E-state index in [9.17, 15) is 13.0 Å². The van der Waals surface area contributed by atoms with Gasteiger partial charge in [-0.25, -0.2) is 8.42 Å². The van der Waals surface area contributed by atoms with Crippen molar-refractivity contribution in [3.8, 4) is 0 Å². The van der Waals surface area contributed by atoms with Crippen LogP contribution in [-0.2, 0) is 10.1 Å². The normalized spacial score (nSPS) is 13.2. The van der Waals surface area contributed by atoms with Crippen LogP contribution in [0.3, 0.4) is 0 Å². The number of nitrogens with zero attached hydrogens (tertiary/aromatic N) is 1. The molecule has 0 amide bonds. The summed E-state index contributed by atoms with van der Waals surface area (Å²) in [6.07, 6.45) is 22.6. The van der Waals surface area contributed by atoms with Crippen molar-refractivity contribution in [2.45, 2.75) is 154 Å². The number of benzene rings is 1. The predicted molar refractivity (Wildman–Crippen MR) is 158 cm³/mol. The summed E-state index contributed by atoms with van der Waals surface area (Å²) in [7, 11) is -2.06. The van der Waals surface area contributed by atoms with E-state index in [2.05, 4.69) is 34.7 Å². The number of quaternary nitrogens is 1. The van der Waals surface area contributed by atoms with Gasteiger partial charge in [0, 0.05) is 12.0 Å². The standard InChI is InChI=1S/C32H59NO3S/c1-6-9-12-15-18-21-26-33(5,27-22-19-16-13-10-7-2)32(23-20-17-14-11-8-3)31-28-30(37(34,35)36)25-24-29(31)4/h24-25,28,32H,6-23,26-27H2,1-5H3. The van der Waals surface area contributed by atoms with Crippen LogP contribution in [0.2, 0.25) is 0 Å². The summed E-state index contributed by atoms with van der Waals surface area (Å²) in [4.78, 5) is -0.0743. The molecule has 0 N–H and O–H groups in total. The first-order valence-corrected chi connectivity index (χ1v) is 17.0. The number of hydrogen-bond acceptors (Lipinski definition) is 3. The second-order valence-corrected chi connectivity index (χ2v) is 13.0. The fraction of sp³-hybridized carbons (Fsp3) is 0.812. The van der Waals surface area contributed by atoms with E-state index < -0.39 is 10.1 Å². The van der Waals surface area contributed by atoms with Crippen LogP contribution in [0.15, 0.2) is 23.1 Å². The van der Waals surface area contributed by atoms with Crippen LogP contribution >= 0.6 is 0 Å². The van der Waals surface area contributed by atoms with Crippen molar-refractivity contribution in [2.75, 3.05) is 20.1 Å². The van der Waals surface area contributed by atoms with Crippen molar-refractivity contribution in [3.63, 3.8) is 0 Å². The largest absolute Gasteiger partial charge is 0.744 e. The zero-order valence-corrected chi connectivity index (χ0v) is 25.8. The number of unbranched alkanes of at least 4 members (excludes halogenated alkanes) is 14. The topological polar surface area (TPSA) is 57.2 Å². The molecule has 0 heterocycles. The Kier molecular flexibility index (Phi) is 17.7. The van der Waals surface area contributed by atoms with Gasteiger partial charge in [-0.3, -0.25) is 0 Å². The lowest BCUT2D eigenvalue weighted by Crippen LogP contribution is -2.48. The Morgan fingerprint density at radius 3 is 1.59 bits per heavy atom. The summed E-state index contributed by atoms with van der Waals surface area (Å²) in [5, 5.41) is 0. The molecule has 0 bridgehead atoms. The molecule has 1 rings (SSSR count). The highest BCUT2D eigenvalue weighted by molar-refractivity contribution is 7.85. The van der Waals surface area contributed by atoms with E-state index in [1.54, 1.807) is 6.07 Å². The third kappa shape index (κ3) is 13.6. The van der Waals surface area contributed by atoms with E-state index in [0.717, 1.165) is 41.5 Å². The van der Waals surface area contributed by atoms with Crippen LogP contribution in [0.5, 0.6) is 0 Å². The first-order valence-electron chi connectivity index (χ1n) is 15.6. The minimum absolute atomic E-state index is 0.0743. The molecule has 0 aliphatic heterocycles. The van der Waals surface area contributed by atoms with Crippen molar-refractivity contribution in [2.24, 2.45) is 0 Å². The van der Waals surface area contributed by atoms with Crippen LogP contribution in [-0.4, -0.2) is 37.6 Å². The Labute approximate surface area is 231 Å². The molecule has 216 valence electrons. The van der Waals surface area contributed by atoms with Crippen molar-refractivity contribution in [1.82, 2.24) is 0 Å². The molecule has 37 heavy (non-hydrogen) atoms. The van der Waals surface area contributed by atoms with Crippen LogP contribution in [0.25, 0.3) is 0 Å². The molecule has 0 aromatic heterocycles. The number of aryl methyl sites for hydroxylation is 1. The molecule has 0 saturated carbocycles. The zero-order valence-electron chi connectivity index (χ0n) is 25.0. The highest BCUT2D eigenvalue weighted by Gasteiger charge is 2.34. The molecule has 1 aromatic rings. The predicted octanol–water partition coefficient (Wildman–Crippen LogP) is 9.47. The van der Waals surface area contributed by atoms with Crippen molar-refractivity contribution in [1.29, 1.82) is 0 Å². The molecule has 0 spiro atoms. The Hall–Kier alpha value is -0.910. The molecule has 5 heteroatoms. The average molecular weight is 538 g/mol. The zero-order chi connectivity index (χ0) is 27.6. The van der Waals surface area contributed by atoms with Gasteiger partial charge in [-0.15, -0.1) is 0 Å². The summed E-state index contributed by atoms with van der Waals surface area (Å²) < 4.78 is 36.8. The minimum Gasteiger partial charge on any atom is -0.744 e. The van der Waals surface area contributed by atoms with Crippen LogP contribution in [0, 0.1) is 6.92 Å². The second-order valence-electron chi connectivity index (χ2n) is 11.7. The second kappa shape index (κ2) is 19.2. The van der Waals surface area contributed by atoms with Crippen molar-refractivity contribution < 1.29 is 17.5 Å². The van der Waals surface area contributed by atoms with Gasteiger partial charge in [0.25, 0.3) is 0 Å². The molecule has 0 radical (unpaired) electrons. The van der Waals surface area contributed by atoms with Gasteiger partial charge in [0.05, 0.1) is 25.0 Å². The van der Waals surface area contributed by atoms with Crippen LogP contribution in [0.4, 0.5) is 0 Å². The monoisotopic (exact) mass is 537 g/mol. The molecule has 0 aliphatic rings. The maximum Gasteiger partial charge on any atom is 0.124 e. The van der Waals surface area contributed by atoms with Crippen LogP contribution < -0.4 is 0 Å². The SMILES string of the molecule is CCCCCCCC[N+](C)(CCCCCCCC)C(CCCCCCC)c1cc(S(=O)(=O)[O-])ccc1C. The summed E-state index contributed by atoms with van der Waals surface area (Å²) in [6, 6.07) is 5.29. The third-order valence-electron chi connectivity index (χ3n) is 8.28. The Balaban J connectivity index is 3.19. The molecule has 1 atom stereocenters. The number of hydrogen-bond donors (Lipinski definition) is 0. The fourth-order valence-corrected chi connectivity index (χ4v) is 6.31. The third-order valence-corrected chi connectivity index (χ3v) is 9.11. The molecular formula is C32H59NO3S. The van der Waals surface area contributed by atoms with Crippen molar-refractivity contribution >= 4 is 10.1 Å². The maximum absolute atomic E-state index is 11.9. The fourth-order valence-electron chi connectivity index (χ4n) is 5.81.